The second-order valence-electron chi connectivity index (χ2n) is 5.31. The van der Waals surface area contributed by atoms with Gasteiger partial charge in [0.05, 0.1) is 11.8 Å². The number of aliphatic hydroxyl groups excluding tert-OH is 1. The van der Waals surface area contributed by atoms with Crippen molar-refractivity contribution < 1.29 is 14.7 Å². The number of aliphatic hydroxyl groups is 1. The van der Waals surface area contributed by atoms with Gasteiger partial charge in [-0.05, 0) is 31.8 Å². The predicted octanol–water partition coefficient (Wildman–Crippen LogP) is 1.31. The second kappa shape index (κ2) is 6.15. The van der Waals surface area contributed by atoms with Crippen LogP contribution in [0.15, 0.2) is 23.4 Å². The summed E-state index contributed by atoms with van der Waals surface area (Å²) in [6.45, 7) is 3.85. The van der Waals surface area contributed by atoms with Crippen LogP contribution >= 0.6 is 0 Å². The monoisotopic (exact) mass is 262 g/mol. The Morgan fingerprint density at radius 1 is 1.26 bits per heavy atom. The first-order chi connectivity index (χ1) is 9.08. The molecule has 0 amide bonds. The first-order valence-corrected chi connectivity index (χ1v) is 6.84. The number of Topliss-reactive ketones (excluding diaryl/α,β-unsaturated/α-hetero) is 1. The lowest BCUT2D eigenvalue weighted by Crippen LogP contribution is -2.36. The highest BCUT2D eigenvalue weighted by molar-refractivity contribution is 6.20. The van der Waals surface area contributed by atoms with E-state index in [0.717, 1.165) is 25.7 Å². The quantitative estimate of drug-likeness (QED) is 0.750. The van der Waals surface area contributed by atoms with Crippen LogP contribution in [0.3, 0.4) is 0 Å². The molecule has 0 bridgehead atoms. The molecule has 0 aromatic rings. The normalized spacial score (nSPS) is 22.8. The first-order valence-electron chi connectivity index (χ1n) is 6.84. The molecule has 1 radical (unpaired) electrons. The van der Waals surface area contributed by atoms with Crippen molar-refractivity contribution in [1.82, 2.24) is 5.32 Å². The lowest BCUT2D eigenvalue weighted by Gasteiger charge is -2.27. The van der Waals surface area contributed by atoms with Crippen molar-refractivity contribution >= 4 is 11.6 Å². The van der Waals surface area contributed by atoms with Crippen LogP contribution in [0.4, 0.5) is 0 Å². The third kappa shape index (κ3) is 3.53. The number of hydrogen-bond donors (Lipinski definition) is 2. The molecule has 4 nitrogen and oxygen atoms in total. The van der Waals surface area contributed by atoms with Crippen LogP contribution in [0.5, 0.6) is 0 Å². The number of allylic oxidation sites excluding steroid dienone is 3. The van der Waals surface area contributed by atoms with Gasteiger partial charge in [-0.1, -0.05) is 19.3 Å². The molecular formula is C15H20NO3. The van der Waals surface area contributed by atoms with Gasteiger partial charge in [-0.2, -0.15) is 0 Å². The SMILES string of the molecule is [CH2]C1=CC(=O)C=C(NCC(O)C2CCCCC2)C1=O. The maximum atomic E-state index is 11.8. The molecule has 0 aliphatic heterocycles. The molecule has 2 aliphatic carbocycles. The minimum atomic E-state index is -0.469. The maximum absolute atomic E-state index is 11.8. The maximum Gasteiger partial charge on any atom is 0.205 e. The van der Waals surface area contributed by atoms with Gasteiger partial charge in [0.1, 0.15) is 0 Å². The third-order valence-electron chi connectivity index (χ3n) is 3.83. The lowest BCUT2D eigenvalue weighted by molar-refractivity contribution is -0.115. The minimum Gasteiger partial charge on any atom is -0.391 e. The van der Waals surface area contributed by atoms with E-state index in [2.05, 4.69) is 12.2 Å². The van der Waals surface area contributed by atoms with Crippen molar-refractivity contribution in [2.75, 3.05) is 6.54 Å². The zero-order valence-electron chi connectivity index (χ0n) is 11.0. The topological polar surface area (TPSA) is 66.4 Å². The Kier molecular flexibility index (Phi) is 4.53. The summed E-state index contributed by atoms with van der Waals surface area (Å²) in [5.41, 5.74) is 0.439. The summed E-state index contributed by atoms with van der Waals surface area (Å²) in [6.07, 6.45) is 7.66. The van der Waals surface area contributed by atoms with E-state index in [9.17, 15) is 14.7 Å². The van der Waals surface area contributed by atoms with Crippen molar-refractivity contribution in [3.05, 3.63) is 30.3 Å². The standard InChI is InChI=1S/C15H20NO3/c1-10-7-12(17)8-13(15(10)19)16-9-14(18)11-5-3-2-4-6-11/h7-8,11,14,16,18H,1-6,9H2. The van der Waals surface area contributed by atoms with Crippen molar-refractivity contribution in [3.8, 4) is 0 Å². The highest BCUT2D eigenvalue weighted by Gasteiger charge is 2.23. The number of carbonyl (C=O) groups is 2. The van der Waals surface area contributed by atoms with E-state index >= 15 is 0 Å². The summed E-state index contributed by atoms with van der Waals surface area (Å²) in [5, 5.41) is 13.0. The Bertz CT molecular complexity index is 431. The van der Waals surface area contributed by atoms with Crippen LogP contribution in [0.25, 0.3) is 0 Å². The van der Waals surface area contributed by atoms with Gasteiger partial charge in [0.15, 0.2) is 5.78 Å². The Hall–Kier alpha value is -1.42. The summed E-state index contributed by atoms with van der Waals surface area (Å²) in [7, 11) is 0. The molecule has 0 saturated heterocycles. The largest absolute Gasteiger partial charge is 0.391 e. The van der Waals surface area contributed by atoms with Crippen LogP contribution in [-0.2, 0) is 9.59 Å². The van der Waals surface area contributed by atoms with E-state index < -0.39 is 6.10 Å². The van der Waals surface area contributed by atoms with Gasteiger partial charge in [0.2, 0.25) is 5.78 Å². The predicted molar refractivity (Wildman–Crippen MR) is 72.1 cm³/mol. The Labute approximate surface area is 113 Å². The van der Waals surface area contributed by atoms with Crippen LogP contribution in [0.1, 0.15) is 32.1 Å². The van der Waals surface area contributed by atoms with Crippen molar-refractivity contribution in [2.24, 2.45) is 5.92 Å². The first kappa shape index (κ1) is 14.0. The highest BCUT2D eigenvalue weighted by Crippen LogP contribution is 2.26. The van der Waals surface area contributed by atoms with Crippen LogP contribution < -0.4 is 5.32 Å². The molecule has 2 aliphatic rings. The summed E-state index contributed by atoms with van der Waals surface area (Å²) < 4.78 is 0. The van der Waals surface area contributed by atoms with Gasteiger partial charge in [-0.15, -0.1) is 0 Å². The smallest absolute Gasteiger partial charge is 0.205 e. The molecule has 0 aromatic heterocycles. The third-order valence-corrected chi connectivity index (χ3v) is 3.83. The molecule has 0 aromatic carbocycles. The molecule has 19 heavy (non-hydrogen) atoms. The molecule has 1 fully saturated rings. The molecular weight excluding hydrogens is 242 g/mol. The highest BCUT2D eigenvalue weighted by atomic mass is 16.3. The van der Waals surface area contributed by atoms with E-state index in [4.69, 9.17) is 0 Å². The van der Waals surface area contributed by atoms with E-state index in [-0.39, 0.29) is 22.8 Å². The van der Waals surface area contributed by atoms with E-state index in [1.807, 2.05) is 0 Å². The minimum absolute atomic E-state index is 0.196. The van der Waals surface area contributed by atoms with E-state index in [0.29, 0.717) is 12.5 Å². The van der Waals surface area contributed by atoms with Crippen LogP contribution in [0.2, 0.25) is 0 Å². The van der Waals surface area contributed by atoms with Crippen molar-refractivity contribution in [1.29, 1.82) is 0 Å². The molecule has 2 N–H and O–H groups in total. The number of ketones is 2. The number of nitrogens with one attached hydrogen (secondary N) is 1. The summed E-state index contributed by atoms with van der Waals surface area (Å²) in [4.78, 5) is 23.1. The van der Waals surface area contributed by atoms with Gasteiger partial charge in [0.25, 0.3) is 0 Å². The molecule has 0 heterocycles. The van der Waals surface area contributed by atoms with Crippen molar-refractivity contribution in [3.63, 3.8) is 0 Å². The van der Waals surface area contributed by atoms with E-state index in [1.54, 1.807) is 0 Å². The second-order valence-corrected chi connectivity index (χ2v) is 5.31. The zero-order chi connectivity index (χ0) is 13.8. The van der Waals surface area contributed by atoms with Crippen LogP contribution in [-0.4, -0.2) is 29.3 Å². The fourth-order valence-electron chi connectivity index (χ4n) is 2.69. The number of rotatable bonds is 4. The van der Waals surface area contributed by atoms with Gasteiger partial charge in [-0.3, -0.25) is 9.59 Å². The fraction of sp³-hybridized carbons (Fsp3) is 0.533. The zero-order valence-corrected chi connectivity index (χ0v) is 11.0. The van der Waals surface area contributed by atoms with E-state index in [1.165, 1.54) is 18.6 Å². The fourth-order valence-corrected chi connectivity index (χ4v) is 2.69. The molecule has 103 valence electrons. The average Bonchev–Trinajstić information content (AvgIpc) is 2.41. The lowest BCUT2D eigenvalue weighted by atomic mass is 9.85. The molecule has 1 atom stereocenters. The molecule has 4 heteroatoms. The molecule has 1 saturated carbocycles. The summed E-state index contributed by atoms with van der Waals surface area (Å²) in [6, 6.07) is 0. The molecule has 0 spiro atoms. The van der Waals surface area contributed by atoms with Gasteiger partial charge >= 0.3 is 0 Å². The van der Waals surface area contributed by atoms with Crippen molar-refractivity contribution in [2.45, 2.75) is 38.2 Å². The van der Waals surface area contributed by atoms with Gasteiger partial charge in [0, 0.05) is 18.2 Å². The molecule has 1 unspecified atom stereocenters. The van der Waals surface area contributed by atoms with Crippen LogP contribution in [0, 0.1) is 12.8 Å². The average molecular weight is 262 g/mol. The Morgan fingerprint density at radius 2 is 1.95 bits per heavy atom. The van der Waals surface area contributed by atoms with Gasteiger partial charge in [-0.25, -0.2) is 0 Å². The van der Waals surface area contributed by atoms with Gasteiger partial charge < -0.3 is 10.4 Å². The number of hydrogen-bond acceptors (Lipinski definition) is 4. The number of carbonyl (C=O) groups excluding carboxylic acids is 2. The summed E-state index contributed by atoms with van der Waals surface area (Å²) in [5.74, 6) is -0.208. The Morgan fingerprint density at radius 3 is 2.63 bits per heavy atom. The Balaban J connectivity index is 1.88. The molecule has 2 rings (SSSR count). The summed E-state index contributed by atoms with van der Waals surface area (Å²) >= 11 is 0.